The Labute approximate surface area is 97.2 Å². The number of likely N-dealkylation sites (N-methyl/N-ethyl adjacent to an activating group) is 1. The van der Waals surface area contributed by atoms with Crippen molar-refractivity contribution in [2.24, 2.45) is 0 Å². The van der Waals surface area contributed by atoms with E-state index >= 15 is 0 Å². The number of esters is 1. The van der Waals surface area contributed by atoms with E-state index in [0.29, 0.717) is 17.6 Å². The molecule has 0 heterocycles. The van der Waals surface area contributed by atoms with Crippen molar-refractivity contribution >= 4 is 5.97 Å². The molecule has 0 radical (unpaired) electrons. The van der Waals surface area contributed by atoms with Crippen LogP contribution in [0.15, 0.2) is 30.3 Å². The van der Waals surface area contributed by atoms with Crippen molar-refractivity contribution in [3.63, 3.8) is 0 Å². The molecule has 0 saturated heterocycles. The molecule has 1 rings (SSSR count). The molecule has 0 amide bonds. The molecule has 0 aliphatic heterocycles. The molecule has 88 valence electrons. The molecule has 0 aliphatic rings. The quantitative estimate of drug-likeness (QED) is 0.557. The van der Waals surface area contributed by atoms with Crippen LogP contribution in [-0.4, -0.2) is 44.7 Å². The number of hydrogen-bond donors (Lipinski definition) is 0. The van der Waals surface area contributed by atoms with Crippen LogP contribution in [0, 0.1) is 0 Å². The van der Waals surface area contributed by atoms with Gasteiger partial charge in [0.15, 0.2) is 6.54 Å². The van der Waals surface area contributed by atoms with Crippen LogP contribution in [0.1, 0.15) is 5.56 Å². The lowest BCUT2D eigenvalue weighted by atomic mass is 10.2. The molecular formula is C13H20NO2+. The normalized spacial score (nSPS) is 11.2. The number of nitrogens with zero attached hydrogens (tertiary/aromatic N) is 1. The van der Waals surface area contributed by atoms with E-state index in [4.69, 9.17) is 4.74 Å². The van der Waals surface area contributed by atoms with E-state index in [2.05, 4.69) is 0 Å². The van der Waals surface area contributed by atoms with Gasteiger partial charge in [-0.1, -0.05) is 30.3 Å². The number of hydrogen-bond acceptors (Lipinski definition) is 2. The highest BCUT2D eigenvalue weighted by Crippen LogP contribution is 2.00. The molecule has 0 aromatic heterocycles. The molecule has 0 N–H and O–H groups in total. The average Bonchev–Trinajstić information content (AvgIpc) is 2.16. The van der Waals surface area contributed by atoms with Gasteiger partial charge >= 0.3 is 5.97 Å². The van der Waals surface area contributed by atoms with Crippen LogP contribution in [-0.2, 0) is 16.0 Å². The van der Waals surface area contributed by atoms with Crippen LogP contribution >= 0.6 is 0 Å². The summed E-state index contributed by atoms with van der Waals surface area (Å²) in [5.74, 6) is -0.136. The standard InChI is InChI=1S/C13H20NO2/c1-14(2,3)11-13(15)16-10-9-12-7-5-4-6-8-12/h4-8H,9-11H2,1-3H3/q+1. The highest BCUT2D eigenvalue weighted by atomic mass is 16.5. The monoisotopic (exact) mass is 222 g/mol. The van der Waals surface area contributed by atoms with E-state index in [0.717, 1.165) is 6.42 Å². The molecule has 1 aromatic carbocycles. The Hall–Kier alpha value is -1.35. The highest BCUT2D eigenvalue weighted by Gasteiger charge is 2.14. The third-order valence-electron chi connectivity index (χ3n) is 2.10. The van der Waals surface area contributed by atoms with Gasteiger partial charge in [-0.15, -0.1) is 0 Å². The summed E-state index contributed by atoms with van der Waals surface area (Å²) in [5.41, 5.74) is 1.19. The zero-order chi connectivity index (χ0) is 12.0. The summed E-state index contributed by atoms with van der Waals surface area (Å²) in [7, 11) is 5.91. The zero-order valence-corrected chi connectivity index (χ0v) is 10.3. The van der Waals surface area contributed by atoms with Gasteiger partial charge in [0.05, 0.1) is 27.7 Å². The first-order valence-electron chi connectivity index (χ1n) is 5.47. The number of quaternary nitrogens is 1. The second kappa shape index (κ2) is 5.66. The highest BCUT2D eigenvalue weighted by molar-refractivity contribution is 5.70. The molecule has 0 saturated carbocycles. The average molecular weight is 222 g/mol. The predicted molar refractivity (Wildman–Crippen MR) is 64.0 cm³/mol. The van der Waals surface area contributed by atoms with Crippen molar-refractivity contribution in [3.05, 3.63) is 35.9 Å². The van der Waals surface area contributed by atoms with E-state index in [-0.39, 0.29) is 5.97 Å². The number of ether oxygens (including phenoxy) is 1. The molecule has 0 fully saturated rings. The van der Waals surface area contributed by atoms with Gasteiger partial charge in [-0.2, -0.15) is 0 Å². The second-order valence-corrected chi connectivity index (χ2v) is 4.90. The molecular weight excluding hydrogens is 202 g/mol. The summed E-state index contributed by atoms with van der Waals surface area (Å²) < 4.78 is 5.77. The molecule has 0 unspecified atom stereocenters. The third-order valence-corrected chi connectivity index (χ3v) is 2.10. The van der Waals surface area contributed by atoms with Gasteiger partial charge in [-0.05, 0) is 5.56 Å². The van der Waals surface area contributed by atoms with Crippen LogP contribution in [0.25, 0.3) is 0 Å². The smallest absolute Gasteiger partial charge is 0.361 e. The Morgan fingerprint density at radius 1 is 1.19 bits per heavy atom. The SMILES string of the molecule is C[N+](C)(C)CC(=O)OCCc1ccccc1. The molecule has 0 aliphatic carbocycles. The van der Waals surface area contributed by atoms with Crippen LogP contribution in [0.4, 0.5) is 0 Å². The molecule has 0 spiro atoms. The van der Waals surface area contributed by atoms with Gasteiger partial charge in [0.25, 0.3) is 0 Å². The Balaban J connectivity index is 2.24. The maximum absolute atomic E-state index is 11.4. The largest absolute Gasteiger partial charge is 0.461 e. The Kier molecular flexibility index (Phi) is 4.50. The number of carbonyl (C=O) groups is 1. The molecule has 0 atom stereocenters. The first-order chi connectivity index (χ1) is 7.47. The van der Waals surface area contributed by atoms with Crippen molar-refractivity contribution in [1.82, 2.24) is 0 Å². The topological polar surface area (TPSA) is 26.3 Å². The van der Waals surface area contributed by atoms with Gasteiger partial charge in [-0.25, -0.2) is 4.79 Å². The summed E-state index contributed by atoms with van der Waals surface area (Å²) in [6, 6.07) is 10.0. The fourth-order valence-electron chi connectivity index (χ4n) is 1.36. The molecule has 0 bridgehead atoms. The Morgan fingerprint density at radius 3 is 2.38 bits per heavy atom. The first-order valence-corrected chi connectivity index (χ1v) is 5.47. The number of benzene rings is 1. The first kappa shape index (κ1) is 12.7. The number of carbonyl (C=O) groups excluding carboxylic acids is 1. The summed E-state index contributed by atoms with van der Waals surface area (Å²) in [6.45, 7) is 0.873. The van der Waals surface area contributed by atoms with Gasteiger partial charge in [-0.3, -0.25) is 0 Å². The van der Waals surface area contributed by atoms with E-state index in [1.807, 2.05) is 51.5 Å². The molecule has 16 heavy (non-hydrogen) atoms. The van der Waals surface area contributed by atoms with Crippen LogP contribution in [0.2, 0.25) is 0 Å². The minimum Gasteiger partial charge on any atom is -0.461 e. The minimum absolute atomic E-state index is 0.136. The fourth-order valence-corrected chi connectivity index (χ4v) is 1.36. The van der Waals surface area contributed by atoms with Gasteiger partial charge in [0, 0.05) is 6.42 Å². The summed E-state index contributed by atoms with van der Waals surface area (Å²) in [4.78, 5) is 11.4. The zero-order valence-electron chi connectivity index (χ0n) is 10.3. The van der Waals surface area contributed by atoms with Crippen molar-refractivity contribution in [2.75, 3.05) is 34.3 Å². The minimum atomic E-state index is -0.136. The van der Waals surface area contributed by atoms with Gasteiger partial charge in [0.2, 0.25) is 0 Å². The van der Waals surface area contributed by atoms with Crippen LogP contribution < -0.4 is 0 Å². The van der Waals surface area contributed by atoms with Crippen molar-refractivity contribution in [2.45, 2.75) is 6.42 Å². The molecule has 1 aromatic rings. The van der Waals surface area contributed by atoms with E-state index in [9.17, 15) is 4.79 Å². The van der Waals surface area contributed by atoms with Gasteiger partial charge in [0.1, 0.15) is 0 Å². The summed E-state index contributed by atoms with van der Waals surface area (Å²) in [5, 5.41) is 0. The lowest BCUT2D eigenvalue weighted by Crippen LogP contribution is -2.40. The maximum Gasteiger partial charge on any atom is 0.361 e. The van der Waals surface area contributed by atoms with E-state index in [1.165, 1.54) is 5.56 Å². The lowest BCUT2D eigenvalue weighted by Gasteiger charge is -2.22. The number of rotatable bonds is 5. The van der Waals surface area contributed by atoms with E-state index < -0.39 is 0 Å². The Bertz CT molecular complexity index is 328. The van der Waals surface area contributed by atoms with Gasteiger partial charge < -0.3 is 9.22 Å². The fraction of sp³-hybridized carbons (Fsp3) is 0.462. The summed E-state index contributed by atoms with van der Waals surface area (Å²) in [6.07, 6.45) is 0.781. The second-order valence-electron chi connectivity index (χ2n) is 4.90. The third kappa shape index (κ3) is 5.51. The van der Waals surface area contributed by atoms with E-state index in [1.54, 1.807) is 0 Å². The maximum atomic E-state index is 11.4. The summed E-state index contributed by atoms with van der Waals surface area (Å²) >= 11 is 0. The van der Waals surface area contributed by atoms with Crippen molar-refractivity contribution < 1.29 is 14.0 Å². The predicted octanol–water partition coefficient (Wildman–Crippen LogP) is 1.48. The Morgan fingerprint density at radius 2 is 1.81 bits per heavy atom. The van der Waals surface area contributed by atoms with Crippen molar-refractivity contribution in [1.29, 1.82) is 0 Å². The lowest BCUT2D eigenvalue weighted by molar-refractivity contribution is -0.862. The molecule has 3 heteroatoms. The van der Waals surface area contributed by atoms with Crippen LogP contribution in [0.3, 0.4) is 0 Å². The van der Waals surface area contributed by atoms with Crippen LogP contribution in [0.5, 0.6) is 0 Å². The van der Waals surface area contributed by atoms with Crippen molar-refractivity contribution in [3.8, 4) is 0 Å². The molecule has 3 nitrogen and oxygen atoms in total.